The summed E-state index contributed by atoms with van der Waals surface area (Å²) < 4.78 is 64.3. The molecule has 0 fully saturated rings. The highest BCUT2D eigenvalue weighted by molar-refractivity contribution is 7.90. The number of benzene rings is 3. The Balaban J connectivity index is 1.78. The highest BCUT2D eigenvalue weighted by atomic mass is 32.2. The summed E-state index contributed by atoms with van der Waals surface area (Å²) in [6, 6.07) is 14.9. The van der Waals surface area contributed by atoms with E-state index in [0.29, 0.717) is 16.7 Å². The lowest BCUT2D eigenvalue weighted by Crippen LogP contribution is -2.14. The topological polar surface area (TPSA) is 70.4 Å². The molecule has 3 aromatic carbocycles. The molecule has 6 nitrogen and oxygen atoms in total. The third-order valence-electron chi connectivity index (χ3n) is 4.45. The van der Waals surface area contributed by atoms with Crippen LogP contribution in [-0.2, 0) is 16.6 Å². The maximum Gasteiger partial charge on any atom is 0.283 e. The van der Waals surface area contributed by atoms with E-state index in [0.717, 1.165) is 16.2 Å². The van der Waals surface area contributed by atoms with E-state index in [9.17, 15) is 17.2 Å². The zero-order valence-corrected chi connectivity index (χ0v) is 16.6. The molecule has 9 heteroatoms. The fraction of sp³-hybridized carbons (Fsp3) is 0.0952. The molecule has 0 saturated heterocycles. The predicted octanol–water partition coefficient (Wildman–Crippen LogP) is 4.14. The van der Waals surface area contributed by atoms with Gasteiger partial charge in [-0.05, 0) is 60.2 Å². The molecule has 0 aliphatic rings. The molecule has 0 bridgehead atoms. The van der Waals surface area contributed by atoms with Crippen molar-refractivity contribution in [2.75, 3.05) is 7.11 Å². The summed E-state index contributed by atoms with van der Waals surface area (Å²) in [7, 11) is -2.62. The number of halogens is 2. The molecule has 0 atom stereocenters. The first-order valence-corrected chi connectivity index (χ1v) is 10.3. The van der Waals surface area contributed by atoms with Crippen LogP contribution in [-0.4, -0.2) is 24.7 Å². The van der Waals surface area contributed by atoms with Gasteiger partial charge in [-0.2, -0.15) is 8.42 Å². The highest BCUT2D eigenvalue weighted by Crippen LogP contribution is 2.31. The van der Waals surface area contributed by atoms with E-state index < -0.39 is 15.8 Å². The van der Waals surface area contributed by atoms with Crippen LogP contribution >= 0.6 is 0 Å². The van der Waals surface area contributed by atoms with E-state index in [1.54, 1.807) is 30.3 Å². The molecule has 1 aromatic heterocycles. The molecule has 0 aliphatic heterocycles. The van der Waals surface area contributed by atoms with Gasteiger partial charge in [-0.25, -0.2) is 8.78 Å². The molecule has 154 valence electrons. The van der Waals surface area contributed by atoms with Crippen LogP contribution < -0.4 is 9.47 Å². The van der Waals surface area contributed by atoms with E-state index >= 15 is 0 Å². The van der Waals surface area contributed by atoms with Crippen LogP contribution in [0.4, 0.5) is 8.78 Å². The molecular weight excluding hydrogens is 414 g/mol. The minimum atomic E-state index is -4.10. The van der Waals surface area contributed by atoms with Gasteiger partial charge < -0.3 is 9.47 Å². The highest BCUT2D eigenvalue weighted by Gasteiger charge is 2.24. The summed E-state index contributed by atoms with van der Waals surface area (Å²) in [4.78, 5) is -0.116. The summed E-state index contributed by atoms with van der Waals surface area (Å²) >= 11 is 0. The molecule has 30 heavy (non-hydrogen) atoms. The summed E-state index contributed by atoms with van der Waals surface area (Å²) in [5.74, 6) is -0.359. The van der Waals surface area contributed by atoms with Crippen molar-refractivity contribution in [3.05, 3.63) is 83.9 Å². The van der Waals surface area contributed by atoms with Crippen LogP contribution in [0.25, 0.3) is 10.9 Å². The number of hydrogen-bond acceptors (Lipinski definition) is 5. The van der Waals surface area contributed by atoms with Gasteiger partial charge in [0, 0.05) is 0 Å². The van der Waals surface area contributed by atoms with Crippen molar-refractivity contribution in [3.63, 3.8) is 0 Å². The van der Waals surface area contributed by atoms with Gasteiger partial charge in [-0.15, -0.1) is 9.19 Å². The standard InChI is InChI=1S/C21H16F2N2O4S/c1-28-17-8-11-20-19(12-17)21(29-13-14-2-4-15(22)5-3-14)24-25(20)30(26,27)18-9-6-16(23)7-10-18/h2-12H,13H2,1H3. The number of nitrogens with zero attached hydrogens (tertiary/aromatic N) is 2. The summed E-state index contributed by atoms with van der Waals surface area (Å²) in [5.41, 5.74) is 0.956. The lowest BCUT2D eigenvalue weighted by molar-refractivity contribution is 0.295. The first-order chi connectivity index (χ1) is 14.4. The van der Waals surface area contributed by atoms with Gasteiger partial charge in [0.25, 0.3) is 10.0 Å². The Kier molecular flexibility index (Phi) is 5.13. The number of aromatic nitrogens is 2. The van der Waals surface area contributed by atoms with Crippen molar-refractivity contribution in [3.8, 4) is 11.6 Å². The molecule has 0 aliphatic carbocycles. The Morgan fingerprint density at radius 2 is 1.57 bits per heavy atom. The molecule has 0 saturated carbocycles. The lowest BCUT2D eigenvalue weighted by Gasteiger charge is -2.06. The third-order valence-corrected chi connectivity index (χ3v) is 6.05. The van der Waals surface area contributed by atoms with Crippen molar-refractivity contribution in [1.29, 1.82) is 0 Å². The van der Waals surface area contributed by atoms with E-state index in [1.807, 2.05) is 0 Å². The second-order valence-electron chi connectivity index (χ2n) is 6.41. The number of fused-ring (bicyclic) bond motifs is 1. The Labute approximate surface area is 171 Å². The van der Waals surface area contributed by atoms with Gasteiger partial charge in [-0.1, -0.05) is 12.1 Å². The van der Waals surface area contributed by atoms with Gasteiger partial charge in [-0.3, -0.25) is 0 Å². The van der Waals surface area contributed by atoms with Crippen molar-refractivity contribution >= 4 is 20.9 Å². The molecule has 0 radical (unpaired) electrons. The SMILES string of the molecule is COc1ccc2c(c1)c(OCc1ccc(F)cc1)nn2S(=O)(=O)c1ccc(F)cc1. The average Bonchev–Trinajstić information content (AvgIpc) is 3.12. The largest absolute Gasteiger partial charge is 0.497 e. The average molecular weight is 430 g/mol. The Morgan fingerprint density at radius 1 is 0.933 bits per heavy atom. The van der Waals surface area contributed by atoms with Gasteiger partial charge in [0.15, 0.2) is 0 Å². The van der Waals surface area contributed by atoms with E-state index in [-0.39, 0.29) is 28.7 Å². The monoisotopic (exact) mass is 430 g/mol. The number of rotatable bonds is 6. The lowest BCUT2D eigenvalue weighted by atomic mass is 10.2. The number of methoxy groups -OCH3 is 1. The minimum absolute atomic E-state index is 0.0558. The normalized spacial score (nSPS) is 11.6. The summed E-state index contributed by atoms with van der Waals surface area (Å²) in [6.45, 7) is 0.0558. The molecule has 4 aromatic rings. The zero-order valence-electron chi connectivity index (χ0n) is 15.7. The Bertz CT molecular complexity index is 1300. The van der Waals surface area contributed by atoms with Crippen molar-refractivity contribution in [2.45, 2.75) is 11.5 Å². The number of ether oxygens (including phenoxy) is 2. The molecule has 0 unspecified atom stereocenters. The van der Waals surface area contributed by atoms with Crippen LogP contribution in [0.15, 0.2) is 71.6 Å². The smallest absolute Gasteiger partial charge is 0.283 e. The van der Waals surface area contributed by atoms with Crippen LogP contribution in [0.3, 0.4) is 0 Å². The molecule has 4 rings (SSSR count). The van der Waals surface area contributed by atoms with Crippen LogP contribution in [0, 0.1) is 11.6 Å². The first-order valence-electron chi connectivity index (χ1n) is 8.83. The van der Waals surface area contributed by atoms with Gasteiger partial charge in [0.1, 0.15) is 24.0 Å². The van der Waals surface area contributed by atoms with Crippen LogP contribution in [0.2, 0.25) is 0 Å². The molecule has 1 heterocycles. The molecule has 0 N–H and O–H groups in total. The minimum Gasteiger partial charge on any atom is -0.497 e. The second kappa shape index (κ2) is 7.75. The molecular formula is C21H16F2N2O4S. The fourth-order valence-corrected chi connectivity index (χ4v) is 4.18. The van der Waals surface area contributed by atoms with Gasteiger partial charge >= 0.3 is 0 Å². The quantitative estimate of drug-likeness (QED) is 0.460. The van der Waals surface area contributed by atoms with Gasteiger partial charge in [0.05, 0.1) is 22.9 Å². The Hall–Kier alpha value is -3.46. The van der Waals surface area contributed by atoms with Crippen molar-refractivity contribution < 1.29 is 26.7 Å². The van der Waals surface area contributed by atoms with Crippen molar-refractivity contribution in [2.24, 2.45) is 0 Å². The maximum atomic E-state index is 13.2. The van der Waals surface area contributed by atoms with Crippen LogP contribution in [0.1, 0.15) is 5.56 Å². The molecule has 0 spiro atoms. The van der Waals surface area contributed by atoms with E-state index in [2.05, 4.69) is 5.10 Å². The van der Waals surface area contributed by atoms with Gasteiger partial charge in [0.2, 0.25) is 5.88 Å². The summed E-state index contributed by atoms with van der Waals surface area (Å²) in [5, 5.41) is 4.57. The third kappa shape index (κ3) is 3.71. The predicted molar refractivity (Wildman–Crippen MR) is 106 cm³/mol. The molecule has 0 amide bonds. The fourth-order valence-electron chi connectivity index (χ4n) is 2.90. The van der Waals surface area contributed by atoms with E-state index in [1.165, 1.54) is 31.4 Å². The Morgan fingerprint density at radius 3 is 2.20 bits per heavy atom. The zero-order chi connectivity index (χ0) is 21.3. The number of hydrogen-bond donors (Lipinski definition) is 0. The maximum absolute atomic E-state index is 13.2. The summed E-state index contributed by atoms with van der Waals surface area (Å²) in [6.07, 6.45) is 0. The second-order valence-corrected chi connectivity index (χ2v) is 8.17. The first kappa shape index (κ1) is 19.8. The van der Waals surface area contributed by atoms with Crippen LogP contribution in [0.5, 0.6) is 11.6 Å². The van der Waals surface area contributed by atoms with Crippen molar-refractivity contribution in [1.82, 2.24) is 9.19 Å². The van der Waals surface area contributed by atoms with E-state index in [4.69, 9.17) is 9.47 Å².